The van der Waals surface area contributed by atoms with Crippen LogP contribution >= 0.6 is 23.5 Å². The standard InChI is InChI=1S/C9H16S2/c1-7-10-6-8-4-2-3-5-9(8)11-7/h7-9H,2-6H2,1H3/t7-,8-,9+/m0/s1. The van der Waals surface area contributed by atoms with E-state index in [-0.39, 0.29) is 0 Å². The zero-order chi connectivity index (χ0) is 7.68. The second-order valence-corrected chi connectivity index (χ2v) is 6.88. The molecule has 1 saturated heterocycles. The Bertz CT molecular complexity index is 136. The van der Waals surface area contributed by atoms with Gasteiger partial charge in [0.25, 0.3) is 0 Å². The topological polar surface area (TPSA) is 0 Å². The van der Waals surface area contributed by atoms with Crippen molar-refractivity contribution >= 4 is 23.5 Å². The zero-order valence-electron chi connectivity index (χ0n) is 7.08. The van der Waals surface area contributed by atoms with Gasteiger partial charge in [-0.25, -0.2) is 0 Å². The maximum Gasteiger partial charge on any atom is 0.0477 e. The summed E-state index contributed by atoms with van der Waals surface area (Å²) < 4.78 is 0.870. The Labute approximate surface area is 77.9 Å². The number of thioether (sulfide) groups is 2. The lowest BCUT2D eigenvalue weighted by Crippen LogP contribution is -2.29. The maximum atomic E-state index is 2.36. The van der Waals surface area contributed by atoms with E-state index in [4.69, 9.17) is 0 Å². The molecule has 11 heavy (non-hydrogen) atoms. The molecule has 0 spiro atoms. The lowest BCUT2D eigenvalue weighted by atomic mass is 9.90. The van der Waals surface area contributed by atoms with E-state index >= 15 is 0 Å². The fraction of sp³-hybridized carbons (Fsp3) is 1.00. The molecule has 2 aliphatic rings. The first-order valence-corrected chi connectivity index (χ1v) is 6.62. The average Bonchev–Trinajstić information content (AvgIpc) is 2.04. The van der Waals surface area contributed by atoms with E-state index in [1.807, 2.05) is 0 Å². The van der Waals surface area contributed by atoms with Crippen LogP contribution in [-0.4, -0.2) is 15.6 Å². The minimum atomic E-state index is 0.870. The van der Waals surface area contributed by atoms with E-state index in [9.17, 15) is 0 Å². The van der Waals surface area contributed by atoms with Crippen molar-refractivity contribution in [2.45, 2.75) is 42.4 Å². The van der Waals surface area contributed by atoms with Crippen molar-refractivity contribution in [3.8, 4) is 0 Å². The fourth-order valence-electron chi connectivity index (χ4n) is 2.09. The molecule has 1 aliphatic carbocycles. The number of hydrogen-bond donors (Lipinski definition) is 0. The molecule has 1 aliphatic heterocycles. The highest BCUT2D eigenvalue weighted by Gasteiger charge is 2.31. The van der Waals surface area contributed by atoms with Gasteiger partial charge in [0, 0.05) is 9.83 Å². The molecule has 1 heterocycles. The lowest BCUT2D eigenvalue weighted by Gasteiger charge is -2.37. The molecule has 64 valence electrons. The van der Waals surface area contributed by atoms with E-state index in [2.05, 4.69) is 30.4 Å². The van der Waals surface area contributed by atoms with Crippen LogP contribution in [0.25, 0.3) is 0 Å². The third kappa shape index (κ3) is 1.89. The molecular weight excluding hydrogens is 172 g/mol. The van der Waals surface area contributed by atoms with Gasteiger partial charge in [0.15, 0.2) is 0 Å². The third-order valence-corrected chi connectivity index (χ3v) is 5.94. The Kier molecular flexibility index (Phi) is 2.73. The molecule has 0 bridgehead atoms. The molecule has 2 heteroatoms. The summed E-state index contributed by atoms with van der Waals surface area (Å²) in [6, 6.07) is 0. The van der Waals surface area contributed by atoms with E-state index in [1.54, 1.807) is 0 Å². The van der Waals surface area contributed by atoms with Crippen LogP contribution in [0.15, 0.2) is 0 Å². The van der Waals surface area contributed by atoms with E-state index in [1.165, 1.54) is 31.4 Å². The summed E-state index contributed by atoms with van der Waals surface area (Å²) >= 11 is 4.40. The van der Waals surface area contributed by atoms with Gasteiger partial charge in [-0.15, -0.1) is 23.5 Å². The second-order valence-electron chi connectivity index (χ2n) is 3.62. The van der Waals surface area contributed by atoms with Crippen LogP contribution < -0.4 is 0 Å². The molecule has 0 amide bonds. The third-order valence-electron chi connectivity index (χ3n) is 2.75. The molecule has 3 atom stereocenters. The summed E-state index contributed by atoms with van der Waals surface area (Å²) in [5.74, 6) is 2.51. The van der Waals surface area contributed by atoms with Gasteiger partial charge in [-0.05, 0) is 31.4 Å². The molecule has 2 rings (SSSR count). The summed E-state index contributed by atoms with van der Waals surface area (Å²) in [6.45, 7) is 2.36. The maximum absolute atomic E-state index is 2.36. The number of hydrogen-bond acceptors (Lipinski definition) is 2. The lowest BCUT2D eigenvalue weighted by molar-refractivity contribution is 0.401. The van der Waals surface area contributed by atoms with Crippen LogP contribution in [0.5, 0.6) is 0 Å². The summed E-state index contributed by atoms with van der Waals surface area (Å²) in [6.07, 6.45) is 6.00. The summed E-state index contributed by atoms with van der Waals surface area (Å²) in [5.41, 5.74) is 0. The summed E-state index contributed by atoms with van der Waals surface area (Å²) in [5, 5.41) is 1.03. The molecule has 0 unspecified atom stereocenters. The van der Waals surface area contributed by atoms with Crippen LogP contribution in [0, 0.1) is 5.92 Å². The molecule has 0 nitrogen and oxygen atoms in total. The molecule has 0 aromatic rings. The fourth-order valence-corrected chi connectivity index (χ4v) is 5.35. The van der Waals surface area contributed by atoms with Gasteiger partial charge in [0.1, 0.15) is 0 Å². The number of fused-ring (bicyclic) bond motifs is 1. The highest BCUT2D eigenvalue weighted by atomic mass is 32.2. The van der Waals surface area contributed by atoms with Gasteiger partial charge in [0.05, 0.1) is 0 Å². The van der Waals surface area contributed by atoms with Crippen LogP contribution in [0.2, 0.25) is 0 Å². The van der Waals surface area contributed by atoms with Gasteiger partial charge in [-0.2, -0.15) is 0 Å². The van der Waals surface area contributed by atoms with E-state index < -0.39 is 0 Å². The van der Waals surface area contributed by atoms with Crippen molar-refractivity contribution in [2.24, 2.45) is 5.92 Å². The van der Waals surface area contributed by atoms with Crippen molar-refractivity contribution < 1.29 is 0 Å². The highest BCUT2D eigenvalue weighted by Crippen LogP contribution is 2.45. The number of rotatable bonds is 0. The Hall–Kier alpha value is 0.700. The Balaban J connectivity index is 1.93. The predicted molar refractivity (Wildman–Crippen MR) is 55.3 cm³/mol. The molecule has 0 aromatic heterocycles. The molecule has 0 N–H and O–H groups in total. The zero-order valence-corrected chi connectivity index (χ0v) is 8.72. The SMILES string of the molecule is C[C@H]1SC[C@@H]2CCCC[C@H]2S1. The Morgan fingerprint density at radius 1 is 1.18 bits per heavy atom. The normalized spacial score (nSPS) is 45.0. The van der Waals surface area contributed by atoms with Crippen molar-refractivity contribution in [2.75, 3.05) is 5.75 Å². The minimum absolute atomic E-state index is 0.870. The first-order chi connectivity index (χ1) is 5.36. The highest BCUT2D eigenvalue weighted by molar-refractivity contribution is 8.17. The van der Waals surface area contributed by atoms with Crippen molar-refractivity contribution in [1.29, 1.82) is 0 Å². The molecule has 1 saturated carbocycles. The van der Waals surface area contributed by atoms with Crippen LogP contribution in [0.3, 0.4) is 0 Å². The molecule has 0 aromatic carbocycles. The second kappa shape index (κ2) is 3.61. The molecular formula is C9H16S2. The van der Waals surface area contributed by atoms with Gasteiger partial charge in [0.2, 0.25) is 0 Å². The van der Waals surface area contributed by atoms with E-state index in [0.29, 0.717) is 0 Å². The van der Waals surface area contributed by atoms with Crippen LogP contribution in [0.1, 0.15) is 32.6 Å². The van der Waals surface area contributed by atoms with Crippen molar-refractivity contribution in [3.05, 3.63) is 0 Å². The Morgan fingerprint density at radius 2 is 2.00 bits per heavy atom. The molecule has 0 radical (unpaired) electrons. The monoisotopic (exact) mass is 188 g/mol. The Morgan fingerprint density at radius 3 is 2.91 bits per heavy atom. The smallest absolute Gasteiger partial charge is 0.0477 e. The summed E-state index contributed by atoms with van der Waals surface area (Å²) in [4.78, 5) is 0. The first kappa shape index (κ1) is 8.31. The predicted octanol–water partition coefficient (Wildman–Crippen LogP) is 3.37. The van der Waals surface area contributed by atoms with Gasteiger partial charge in [-0.3, -0.25) is 0 Å². The van der Waals surface area contributed by atoms with Crippen LogP contribution in [-0.2, 0) is 0 Å². The van der Waals surface area contributed by atoms with E-state index in [0.717, 1.165) is 15.7 Å². The van der Waals surface area contributed by atoms with Gasteiger partial charge in [-0.1, -0.05) is 12.8 Å². The molecule has 2 fully saturated rings. The first-order valence-electron chi connectivity index (χ1n) is 4.63. The largest absolute Gasteiger partial charge is 0.148 e. The minimum Gasteiger partial charge on any atom is -0.148 e. The average molecular weight is 188 g/mol. The van der Waals surface area contributed by atoms with Crippen LogP contribution in [0.4, 0.5) is 0 Å². The van der Waals surface area contributed by atoms with Crippen molar-refractivity contribution in [1.82, 2.24) is 0 Å². The quantitative estimate of drug-likeness (QED) is 0.571. The summed E-state index contributed by atoms with van der Waals surface area (Å²) in [7, 11) is 0. The van der Waals surface area contributed by atoms with Gasteiger partial charge >= 0.3 is 0 Å². The van der Waals surface area contributed by atoms with Crippen molar-refractivity contribution in [3.63, 3.8) is 0 Å². The van der Waals surface area contributed by atoms with Gasteiger partial charge < -0.3 is 0 Å².